The highest BCUT2D eigenvalue weighted by atomic mass is 19.1. The van der Waals surface area contributed by atoms with E-state index in [2.05, 4.69) is 6.92 Å². The smallest absolute Gasteiger partial charge is 0.103 e. The molecular weight excluding hydrogens is 175 g/mol. The Labute approximate surface area is 87.3 Å². The minimum atomic E-state index is -0.480. The standard InChI is InChI=1S/C13H23F/c1-10(11-6-4-7-11)9-12-5-2-3-8-13(12)14/h10-13H,2-9H2,1H3. The van der Waals surface area contributed by atoms with Gasteiger partial charge in [0.25, 0.3) is 0 Å². The highest BCUT2D eigenvalue weighted by Crippen LogP contribution is 2.39. The Bertz CT molecular complexity index is 174. The molecule has 0 spiro atoms. The Hall–Kier alpha value is -0.0700. The summed E-state index contributed by atoms with van der Waals surface area (Å²) in [5.41, 5.74) is 0. The summed E-state index contributed by atoms with van der Waals surface area (Å²) in [5.74, 6) is 2.12. The van der Waals surface area contributed by atoms with Gasteiger partial charge in [-0.2, -0.15) is 0 Å². The number of rotatable bonds is 3. The quantitative estimate of drug-likeness (QED) is 0.632. The van der Waals surface area contributed by atoms with E-state index in [1.807, 2.05) is 0 Å². The predicted molar refractivity (Wildman–Crippen MR) is 58.0 cm³/mol. The molecule has 0 saturated heterocycles. The second kappa shape index (κ2) is 4.63. The van der Waals surface area contributed by atoms with Gasteiger partial charge < -0.3 is 0 Å². The molecular formula is C13H23F. The topological polar surface area (TPSA) is 0 Å². The summed E-state index contributed by atoms with van der Waals surface area (Å²) in [6.45, 7) is 2.34. The Balaban J connectivity index is 1.76. The minimum absolute atomic E-state index is 0.402. The van der Waals surface area contributed by atoms with E-state index < -0.39 is 6.17 Å². The first-order valence-electron chi connectivity index (χ1n) is 6.41. The van der Waals surface area contributed by atoms with Gasteiger partial charge in [-0.15, -0.1) is 0 Å². The van der Waals surface area contributed by atoms with E-state index in [4.69, 9.17) is 0 Å². The van der Waals surface area contributed by atoms with Crippen LogP contribution in [0.1, 0.15) is 58.3 Å². The van der Waals surface area contributed by atoms with Crippen LogP contribution >= 0.6 is 0 Å². The zero-order valence-corrected chi connectivity index (χ0v) is 9.34. The molecule has 3 unspecified atom stereocenters. The van der Waals surface area contributed by atoms with Crippen LogP contribution in [0.4, 0.5) is 4.39 Å². The summed E-state index contributed by atoms with van der Waals surface area (Å²) >= 11 is 0. The average molecular weight is 198 g/mol. The van der Waals surface area contributed by atoms with Crippen LogP contribution in [-0.2, 0) is 0 Å². The molecule has 0 aromatic heterocycles. The first-order valence-corrected chi connectivity index (χ1v) is 6.41. The summed E-state index contributed by atoms with van der Waals surface area (Å²) < 4.78 is 13.6. The molecule has 0 radical (unpaired) electrons. The van der Waals surface area contributed by atoms with Gasteiger partial charge in [0.2, 0.25) is 0 Å². The van der Waals surface area contributed by atoms with Crippen molar-refractivity contribution >= 4 is 0 Å². The first-order chi connectivity index (χ1) is 6.77. The van der Waals surface area contributed by atoms with Gasteiger partial charge in [0.15, 0.2) is 0 Å². The first kappa shape index (κ1) is 10.4. The van der Waals surface area contributed by atoms with E-state index in [-0.39, 0.29) is 0 Å². The van der Waals surface area contributed by atoms with Crippen molar-refractivity contribution in [3.8, 4) is 0 Å². The molecule has 2 aliphatic carbocycles. The maximum atomic E-state index is 13.6. The van der Waals surface area contributed by atoms with Crippen molar-refractivity contribution in [2.75, 3.05) is 0 Å². The van der Waals surface area contributed by atoms with Crippen molar-refractivity contribution in [2.45, 2.75) is 64.5 Å². The second-order valence-corrected chi connectivity index (χ2v) is 5.46. The van der Waals surface area contributed by atoms with E-state index in [0.717, 1.165) is 37.5 Å². The number of hydrogen-bond donors (Lipinski definition) is 0. The molecule has 0 nitrogen and oxygen atoms in total. The van der Waals surface area contributed by atoms with Crippen LogP contribution in [0, 0.1) is 17.8 Å². The molecule has 0 amide bonds. The summed E-state index contributed by atoms with van der Waals surface area (Å²) in [4.78, 5) is 0. The van der Waals surface area contributed by atoms with E-state index in [1.165, 1.54) is 25.7 Å². The molecule has 0 aromatic rings. The van der Waals surface area contributed by atoms with Gasteiger partial charge in [-0.25, -0.2) is 4.39 Å². The van der Waals surface area contributed by atoms with Gasteiger partial charge in [0, 0.05) is 0 Å². The summed E-state index contributed by atoms with van der Waals surface area (Å²) in [5, 5.41) is 0. The fraction of sp³-hybridized carbons (Fsp3) is 1.00. The van der Waals surface area contributed by atoms with Crippen molar-refractivity contribution in [3.05, 3.63) is 0 Å². The zero-order valence-electron chi connectivity index (χ0n) is 9.34. The second-order valence-electron chi connectivity index (χ2n) is 5.46. The average Bonchev–Trinajstić information content (AvgIpc) is 2.05. The van der Waals surface area contributed by atoms with Crippen molar-refractivity contribution in [2.24, 2.45) is 17.8 Å². The maximum Gasteiger partial charge on any atom is 0.103 e. The van der Waals surface area contributed by atoms with E-state index in [1.54, 1.807) is 0 Å². The SMILES string of the molecule is CC(CC1CCCCC1F)C1CCC1. The number of halogens is 1. The zero-order chi connectivity index (χ0) is 9.97. The van der Waals surface area contributed by atoms with Gasteiger partial charge in [0.05, 0.1) is 0 Å². The Morgan fingerprint density at radius 1 is 1.07 bits per heavy atom. The molecule has 2 rings (SSSR count). The molecule has 0 heterocycles. The van der Waals surface area contributed by atoms with Gasteiger partial charge >= 0.3 is 0 Å². The molecule has 2 aliphatic rings. The fourth-order valence-corrected chi connectivity index (χ4v) is 3.11. The summed E-state index contributed by atoms with van der Waals surface area (Å²) in [6, 6.07) is 0. The van der Waals surface area contributed by atoms with Gasteiger partial charge in [-0.1, -0.05) is 39.0 Å². The van der Waals surface area contributed by atoms with Crippen LogP contribution in [0.15, 0.2) is 0 Å². The third-order valence-corrected chi connectivity index (χ3v) is 4.45. The van der Waals surface area contributed by atoms with Gasteiger partial charge in [0.1, 0.15) is 6.17 Å². The lowest BCUT2D eigenvalue weighted by Crippen LogP contribution is -2.27. The third kappa shape index (κ3) is 2.29. The molecule has 2 saturated carbocycles. The minimum Gasteiger partial charge on any atom is -0.247 e. The summed E-state index contributed by atoms with van der Waals surface area (Å²) in [7, 11) is 0. The largest absolute Gasteiger partial charge is 0.247 e. The molecule has 0 aromatic carbocycles. The normalized spacial score (nSPS) is 36.4. The highest BCUT2D eigenvalue weighted by Gasteiger charge is 2.30. The number of alkyl halides is 1. The molecule has 1 heteroatoms. The van der Waals surface area contributed by atoms with Crippen molar-refractivity contribution in [1.82, 2.24) is 0 Å². The van der Waals surface area contributed by atoms with Crippen LogP contribution < -0.4 is 0 Å². The van der Waals surface area contributed by atoms with E-state index in [9.17, 15) is 4.39 Å². The lowest BCUT2D eigenvalue weighted by Gasteiger charge is -2.35. The van der Waals surface area contributed by atoms with Gasteiger partial charge in [-0.3, -0.25) is 0 Å². The van der Waals surface area contributed by atoms with E-state index >= 15 is 0 Å². The highest BCUT2D eigenvalue weighted by molar-refractivity contribution is 4.81. The maximum absolute atomic E-state index is 13.6. The molecule has 0 aliphatic heterocycles. The molecule has 14 heavy (non-hydrogen) atoms. The lowest BCUT2D eigenvalue weighted by molar-refractivity contribution is 0.111. The van der Waals surface area contributed by atoms with Crippen molar-refractivity contribution in [3.63, 3.8) is 0 Å². The van der Waals surface area contributed by atoms with Crippen molar-refractivity contribution in [1.29, 1.82) is 0 Å². The molecule has 0 N–H and O–H groups in total. The van der Waals surface area contributed by atoms with Gasteiger partial charge in [-0.05, 0) is 37.0 Å². The molecule has 0 bridgehead atoms. The van der Waals surface area contributed by atoms with Crippen LogP contribution in [0.2, 0.25) is 0 Å². The van der Waals surface area contributed by atoms with Crippen LogP contribution in [0.25, 0.3) is 0 Å². The molecule has 82 valence electrons. The van der Waals surface area contributed by atoms with Crippen LogP contribution in [0.5, 0.6) is 0 Å². The Morgan fingerprint density at radius 3 is 2.36 bits per heavy atom. The summed E-state index contributed by atoms with van der Waals surface area (Å²) in [6.07, 6.45) is 9.28. The van der Waals surface area contributed by atoms with Crippen LogP contribution in [0.3, 0.4) is 0 Å². The Kier molecular flexibility index (Phi) is 3.46. The fourth-order valence-electron chi connectivity index (χ4n) is 3.11. The number of hydrogen-bond acceptors (Lipinski definition) is 0. The lowest BCUT2D eigenvalue weighted by atomic mass is 9.71. The van der Waals surface area contributed by atoms with Crippen molar-refractivity contribution < 1.29 is 4.39 Å². The third-order valence-electron chi connectivity index (χ3n) is 4.45. The molecule has 2 fully saturated rings. The Morgan fingerprint density at radius 2 is 1.79 bits per heavy atom. The van der Waals surface area contributed by atoms with E-state index in [0.29, 0.717) is 5.92 Å². The predicted octanol–water partition coefficient (Wildman–Crippen LogP) is 4.34. The van der Waals surface area contributed by atoms with Crippen LogP contribution in [-0.4, -0.2) is 6.17 Å². The molecule has 3 atom stereocenters. The monoisotopic (exact) mass is 198 g/mol.